The first-order valence-corrected chi connectivity index (χ1v) is 3.94. The van der Waals surface area contributed by atoms with E-state index in [0.717, 1.165) is 11.0 Å². The third kappa shape index (κ3) is 0.826. The molecule has 0 unspecified atom stereocenters. The molecule has 0 fully saturated rings. The molecule has 0 aliphatic heterocycles. The van der Waals surface area contributed by atoms with Gasteiger partial charge in [-0.1, -0.05) is 0 Å². The molecule has 0 aromatic carbocycles. The minimum absolute atomic E-state index is 0.973. The molecule has 0 saturated carbocycles. The van der Waals surface area contributed by atoms with Gasteiger partial charge in [-0.15, -0.1) is 0 Å². The van der Waals surface area contributed by atoms with Gasteiger partial charge >= 0.3 is 0 Å². The maximum atomic E-state index is 4.28. The molecule has 0 spiro atoms. The fraction of sp³-hybridized carbons (Fsp3) is 0.333. The van der Waals surface area contributed by atoms with Crippen LogP contribution in [0.4, 0.5) is 0 Å². The summed E-state index contributed by atoms with van der Waals surface area (Å²) in [6.45, 7) is 4.16. The number of hydrogen-bond donors (Lipinski definition) is 0. The average Bonchev–Trinajstić information content (AvgIpc) is 2.41. The molecule has 0 bridgehead atoms. The van der Waals surface area contributed by atoms with Crippen molar-refractivity contribution in [2.75, 3.05) is 0 Å². The standard InChI is InChI=1S/C9H11N3/c1-6-4-10-8-5-11-12(3)9(8)7(6)2/h4-5H,1-3H3. The van der Waals surface area contributed by atoms with Crippen molar-refractivity contribution in [3.8, 4) is 0 Å². The Bertz CT molecular complexity index is 429. The molecule has 0 saturated heterocycles. The van der Waals surface area contributed by atoms with Crippen molar-refractivity contribution in [1.29, 1.82) is 0 Å². The summed E-state index contributed by atoms with van der Waals surface area (Å²) < 4.78 is 1.87. The molecule has 62 valence electrons. The summed E-state index contributed by atoms with van der Waals surface area (Å²) in [5.41, 5.74) is 4.58. The summed E-state index contributed by atoms with van der Waals surface area (Å²) >= 11 is 0. The van der Waals surface area contributed by atoms with Crippen LogP contribution in [0.2, 0.25) is 0 Å². The number of nitrogens with zero attached hydrogens (tertiary/aromatic N) is 3. The SMILES string of the molecule is Cc1cnc2cnn(C)c2c1C. The number of hydrogen-bond acceptors (Lipinski definition) is 2. The Morgan fingerprint density at radius 3 is 2.75 bits per heavy atom. The van der Waals surface area contributed by atoms with E-state index in [-0.39, 0.29) is 0 Å². The van der Waals surface area contributed by atoms with Gasteiger partial charge < -0.3 is 0 Å². The van der Waals surface area contributed by atoms with E-state index in [0.29, 0.717) is 0 Å². The summed E-state index contributed by atoms with van der Waals surface area (Å²) in [5.74, 6) is 0. The van der Waals surface area contributed by atoms with E-state index in [4.69, 9.17) is 0 Å². The zero-order valence-corrected chi connectivity index (χ0v) is 7.50. The summed E-state index contributed by atoms with van der Waals surface area (Å²) in [4.78, 5) is 4.28. The Morgan fingerprint density at radius 2 is 2.00 bits per heavy atom. The molecule has 0 amide bonds. The molecule has 0 aliphatic carbocycles. The van der Waals surface area contributed by atoms with Crippen molar-refractivity contribution < 1.29 is 0 Å². The van der Waals surface area contributed by atoms with Crippen molar-refractivity contribution in [3.05, 3.63) is 23.5 Å². The molecule has 0 N–H and O–H groups in total. The Morgan fingerprint density at radius 1 is 1.25 bits per heavy atom. The van der Waals surface area contributed by atoms with Gasteiger partial charge in [0.25, 0.3) is 0 Å². The Kier molecular flexibility index (Phi) is 1.40. The van der Waals surface area contributed by atoms with Crippen LogP contribution in [-0.4, -0.2) is 14.8 Å². The summed E-state index contributed by atoms with van der Waals surface area (Å²) in [7, 11) is 1.94. The normalized spacial score (nSPS) is 10.9. The number of rotatable bonds is 0. The molecule has 2 rings (SSSR count). The van der Waals surface area contributed by atoms with Gasteiger partial charge in [0.1, 0.15) is 5.52 Å². The smallest absolute Gasteiger partial charge is 0.109 e. The predicted octanol–water partition coefficient (Wildman–Crippen LogP) is 1.59. The van der Waals surface area contributed by atoms with Crippen molar-refractivity contribution >= 4 is 11.0 Å². The summed E-state index contributed by atoms with van der Waals surface area (Å²) in [5, 5.41) is 4.15. The second kappa shape index (κ2) is 2.30. The molecular formula is C9H11N3. The molecule has 2 heterocycles. The van der Waals surface area contributed by atoms with Crippen LogP contribution in [0.5, 0.6) is 0 Å². The van der Waals surface area contributed by atoms with Crippen LogP contribution in [0.3, 0.4) is 0 Å². The fourth-order valence-corrected chi connectivity index (χ4v) is 1.41. The predicted molar refractivity (Wildman–Crippen MR) is 48.0 cm³/mol. The summed E-state index contributed by atoms with van der Waals surface area (Å²) in [6, 6.07) is 0. The third-order valence-corrected chi connectivity index (χ3v) is 2.26. The van der Waals surface area contributed by atoms with Gasteiger partial charge in [0.15, 0.2) is 0 Å². The lowest BCUT2D eigenvalue weighted by Crippen LogP contribution is -1.93. The van der Waals surface area contributed by atoms with E-state index in [1.165, 1.54) is 11.1 Å². The van der Waals surface area contributed by atoms with E-state index in [2.05, 4.69) is 23.9 Å². The first-order valence-electron chi connectivity index (χ1n) is 3.94. The van der Waals surface area contributed by atoms with Crippen LogP contribution < -0.4 is 0 Å². The lowest BCUT2D eigenvalue weighted by Gasteiger charge is -2.01. The average molecular weight is 161 g/mol. The molecular weight excluding hydrogens is 150 g/mol. The molecule has 2 aromatic heterocycles. The Hall–Kier alpha value is -1.38. The molecule has 2 aromatic rings. The van der Waals surface area contributed by atoms with Crippen LogP contribution >= 0.6 is 0 Å². The van der Waals surface area contributed by atoms with Crippen molar-refractivity contribution in [1.82, 2.24) is 14.8 Å². The van der Waals surface area contributed by atoms with E-state index >= 15 is 0 Å². The minimum atomic E-state index is 0.973. The van der Waals surface area contributed by atoms with Crippen LogP contribution in [0.1, 0.15) is 11.1 Å². The van der Waals surface area contributed by atoms with Crippen LogP contribution in [-0.2, 0) is 7.05 Å². The fourth-order valence-electron chi connectivity index (χ4n) is 1.41. The van der Waals surface area contributed by atoms with E-state index in [9.17, 15) is 0 Å². The minimum Gasteiger partial charge on any atom is -0.266 e. The zero-order chi connectivity index (χ0) is 8.72. The van der Waals surface area contributed by atoms with Crippen LogP contribution in [0, 0.1) is 13.8 Å². The summed E-state index contributed by atoms with van der Waals surface area (Å²) in [6.07, 6.45) is 3.68. The second-order valence-corrected chi connectivity index (χ2v) is 3.07. The quantitative estimate of drug-likeness (QED) is 0.587. The molecule has 3 heteroatoms. The van der Waals surface area contributed by atoms with Gasteiger partial charge in [0, 0.05) is 13.2 Å². The number of aryl methyl sites for hydroxylation is 3. The lowest BCUT2D eigenvalue weighted by molar-refractivity contribution is 0.794. The van der Waals surface area contributed by atoms with Crippen molar-refractivity contribution in [3.63, 3.8) is 0 Å². The Labute approximate surface area is 71.0 Å². The van der Waals surface area contributed by atoms with Gasteiger partial charge in [-0.3, -0.25) is 9.67 Å². The highest BCUT2D eigenvalue weighted by Gasteiger charge is 2.04. The van der Waals surface area contributed by atoms with Gasteiger partial charge in [0.2, 0.25) is 0 Å². The maximum Gasteiger partial charge on any atom is 0.109 e. The number of pyridine rings is 1. The van der Waals surface area contributed by atoms with E-state index < -0.39 is 0 Å². The molecule has 0 aliphatic rings. The van der Waals surface area contributed by atoms with E-state index in [1.807, 2.05) is 17.9 Å². The van der Waals surface area contributed by atoms with Crippen molar-refractivity contribution in [2.45, 2.75) is 13.8 Å². The molecule has 12 heavy (non-hydrogen) atoms. The monoisotopic (exact) mass is 161 g/mol. The van der Waals surface area contributed by atoms with Crippen LogP contribution in [0.15, 0.2) is 12.4 Å². The van der Waals surface area contributed by atoms with Gasteiger partial charge in [-0.2, -0.15) is 5.10 Å². The van der Waals surface area contributed by atoms with Gasteiger partial charge in [-0.25, -0.2) is 0 Å². The Balaban J connectivity index is 2.96. The third-order valence-electron chi connectivity index (χ3n) is 2.26. The molecule has 0 atom stereocenters. The second-order valence-electron chi connectivity index (χ2n) is 3.07. The van der Waals surface area contributed by atoms with Gasteiger partial charge in [-0.05, 0) is 25.0 Å². The molecule has 3 nitrogen and oxygen atoms in total. The first kappa shape index (κ1) is 7.28. The van der Waals surface area contributed by atoms with Crippen LogP contribution in [0.25, 0.3) is 11.0 Å². The number of fused-ring (bicyclic) bond motifs is 1. The van der Waals surface area contributed by atoms with Crippen molar-refractivity contribution in [2.24, 2.45) is 7.05 Å². The van der Waals surface area contributed by atoms with E-state index in [1.54, 1.807) is 6.20 Å². The first-order chi connectivity index (χ1) is 5.70. The number of aromatic nitrogens is 3. The highest BCUT2D eigenvalue weighted by Crippen LogP contribution is 2.17. The topological polar surface area (TPSA) is 30.7 Å². The molecule has 0 radical (unpaired) electrons. The largest absolute Gasteiger partial charge is 0.266 e. The van der Waals surface area contributed by atoms with Gasteiger partial charge in [0.05, 0.1) is 11.7 Å². The maximum absolute atomic E-state index is 4.28. The lowest BCUT2D eigenvalue weighted by atomic mass is 10.1. The zero-order valence-electron chi connectivity index (χ0n) is 7.50. The highest BCUT2D eigenvalue weighted by atomic mass is 15.3. The highest BCUT2D eigenvalue weighted by molar-refractivity contribution is 5.78.